The predicted molar refractivity (Wildman–Crippen MR) is 163 cm³/mol. The summed E-state index contributed by atoms with van der Waals surface area (Å²) in [6, 6.07) is 30.5. The van der Waals surface area contributed by atoms with Crippen molar-refractivity contribution in [3.63, 3.8) is 0 Å². The van der Waals surface area contributed by atoms with Crippen LogP contribution in [-0.4, -0.2) is 30.8 Å². The number of aryl methyl sites for hydroxylation is 1. The van der Waals surface area contributed by atoms with Crippen LogP contribution in [0.25, 0.3) is 44.2 Å². The Morgan fingerprint density at radius 2 is 1.51 bits per heavy atom. The maximum Gasteiger partial charge on any atom is 0.408 e. The molecular formula is C35H35NO5. The van der Waals surface area contributed by atoms with Crippen LogP contribution in [0, 0.1) is 0 Å². The first-order valence-electron chi connectivity index (χ1n) is 13.9. The second kappa shape index (κ2) is 11.9. The van der Waals surface area contributed by atoms with Crippen molar-refractivity contribution in [1.29, 1.82) is 0 Å². The van der Waals surface area contributed by atoms with E-state index in [4.69, 9.17) is 13.9 Å². The molecule has 1 unspecified atom stereocenters. The Labute approximate surface area is 240 Å². The average molecular weight is 550 g/mol. The number of nitrogens with one attached hydrogen (secondary N) is 1. The van der Waals surface area contributed by atoms with Gasteiger partial charge in [0.1, 0.15) is 22.8 Å². The van der Waals surface area contributed by atoms with Gasteiger partial charge >= 0.3 is 12.1 Å². The summed E-state index contributed by atoms with van der Waals surface area (Å²) >= 11 is 0. The summed E-state index contributed by atoms with van der Waals surface area (Å²) in [5.41, 5.74) is 6.63. The standard InChI is InChI=1S/C35H35NO5/c1-35(2,3)41-34(38)36-30(33(37)39-4)19-8-12-23-11-7-13-24(21-23)25-14-9-15-26(22-25)27-17-10-18-29-28-16-5-6-20-31(28)40-32(27)29/h5-7,9-11,13-18,20-22,30H,8,12,19H2,1-4H3,(H,36,38). The number of ether oxygens (including phenoxy) is 2. The van der Waals surface area contributed by atoms with Gasteiger partial charge in [0.05, 0.1) is 7.11 Å². The summed E-state index contributed by atoms with van der Waals surface area (Å²) < 4.78 is 16.5. The Hall–Kier alpha value is -4.58. The van der Waals surface area contributed by atoms with Crippen LogP contribution in [0.3, 0.4) is 0 Å². The molecule has 41 heavy (non-hydrogen) atoms. The minimum absolute atomic E-state index is 0.438. The molecule has 0 aliphatic rings. The van der Waals surface area contributed by atoms with Crippen molar-refractivity contribution >= 4 is 34.0 Å². The van der Waals surface area contributed by atoms with Gasteiger partial charge in [-0.3, -0.25) is 0 Å². The number of carbonyl (C=O) groups is 2. The predicted octanol–water partition coefficient (Wildman–Crippen LogP) is 8.31. The van der Waals surface area contributed by atoms with E-state index in [1.807, 2.05) is 24.3 Å². The van der Waals surface area contributed by atoms with E-state index in [1.54, 1.807) is 20.8 Å². The normalized spacial score (nSPS) is 12.3. The smallest absolute Gasteiger partial charge is 0.408 e. The fourth-order valence-electron chi connectivity index (χ4n) is 5.10. The summed E-state index contributed by atoms with van der Waals surface area (Å²) in [4.78, 5) is 24.5. The summed E-state index contributed by atoms with van der Waals surface area (Å²) in [6.07, 6.45) is 1.24. The van der Waals surface area contributed by atoms with E-state index < -0.39 is 23.7 Å². The Morgan fingerprint density at radius 1 is 0.829 bits per heavy atom. The first-order valence-corrected chi connectivity index (χ1v) is 13.9. The molecule has 1 aromatic heterocycles. The molecule has 0 saturated heterocycles. The molecule has 0 aliphatic carbocycles. The highest BCUT2D eigenvalue weighted by Gasteiger charge is 2.24. The largest absolute Gasteiger partial charge is 0.467 e. The number of rotatable bonds is 8. The van der Waals surface area contributed by atoms with E-state index in [2.05, 4.69) is 72.0 Å². The average Bonchev–Trinajstić information content (AvgIpc) is 3.34. The number of fused-ring (bicyclic) bond motifs is 3. The molecule has 6 heteroatoms. The number of furan rings is 1. The van der Waals surface area contributed by atoms with Crippen LogP contribution in [0.1, 0.15) is 39.2 Å². The number of para-hydroxylation sites is 2. The maximum atomic E-state index is 12.3. The molecule has 0 spiro atoms. The van der Waals surface area contributed by atoms with Crippen LogP contribution in [0.5, 0.6) is 0 Å². The molecule has 1 heterocycles. The monoisotopic (exact) mass is 549 g/mol. The minimum Gasteiger partial charge on any atom is -0.467 e. The Bertz CT molecular complexity index is 1690. The highest BCUT2D eigenvalue weighted by Crippen LogP contribution is 2.36. The molecule has 0 fully saturated rings. The van der Waals surface area contributed by atoms with E-state index in [-0.39, 0.29) is 0 Å². The van der Waals surface area contributed by atoms with Gasteiger partial charge in [0.25, 0.3) is 0 Å². The van der Waals surface area contributed by atoms with Crippen molar-refractivity contribution in [2.45, 2.75) is 51.7 Å². The topological polar surface area (TPSA) is 77.8 Å². The van der Waals surface area contributed by atoms with Gasteiger partial charge in [-0.2, -0.15) is 0 Å². The number of alkyl carbamates (subject to hydrolysis) is 1. The number of methoxy groups -OCH3 is 1. The minimum atomic E-state index is -0.768. The lowest BCUT2D eigenvalue weighted by Crippen LogP contribution is -2.44. The van der Waals surface area contributed by atoms with E-state index >= 15 is 0 Å². The molecule has 4 aromatic carbocycles. The van der Waals surface area contributed by atoms with Crippen molar-refractivity contribution in [2.24, 2.45) is 0 Å². The number of amides is 1. The second-order valence-corrected chi connectivity index (χ2v) is 11.2. The van der Waals surface area contributed by atoms with Gasteiger partial charge in [0, 0.05) is 16.3 Å². The number of hydrogen-bond acceptors (Lipinski definition) is 5. The third-order valence-electron chi connectivity index (χ3n) is 6.97. The number of esters is 1. The molecule has 1 atom stereocenters. The summed E-state index contributed by atoms with van der Waals surface area (Å²) in [5, 5.41) is 4.87. The van der Waals surface area contributed by atoms with Crippen LogP contribution in [-0.2, 0) is 20.7 Å². The Kier molecular flexibility index (Phi) is 8.11. The van der Waals surface area contributed by atoms with Crippen LogP contribution >= 0.6 is 0 Å². The molecule has 5 rings (SSSR count). The van der Waals surface area contributed by atoms with Gasteiger partial charge in [0.15, 0.2) is 0 Å². The quantitative estimate of drug-likeness (QED) is 0.197. The number of hydrogen-bond donors (Lipinski definition) is 1. The number of benzene rings is 4. The van der Waals surface area contributed by atoms with Gasteiger partial charge in [-0.25, -0.2) is 9.59 Å². The van der Waals surface area contributed by atoms with Crippen molar-refractivity contribution in [3.8, 4) is 22.3 Å². The zero-order valence-electron chi connectivity index (χ0n) is 23.9. The molecule has 6 nitrogen and oxygen atoms in total. The van der Waals surface area contributed by atoms with Gasteiger partial charge in [-0.1, -0.05) is 78.9 Å². The highest BCUT2D eigenvalue weighted by atomic mass is 16.6. The maximum absolute atomic E-state index is 12.3. The zero-order chi connectivity index (χ0) is 29.0. The van der Waals surface area contributed by atoms with E-state index in [9.17, 15) is 9.59 Å². The fourth-order valence-corrected chi connectivity index (χ4v) is 5.10. The molecule has 0 bridgehead atoms. The van der Waals surface area contributed by atoms with Gasteiger partial charge < -0.3 is 19.2 Å². The third kappa shape index (κ3) is 6.60. The van der Waals surface area contributed by atoms with Gasteiger partial charge in [0.2, 0.25) is 0 Å². The van der Waals surface area contributed by atoms with Crippen LogP contribution in [0.15, 0.2) is 95.4 Å². The molecule has 1 N–H and O–H groups in total. The van der Waals surface area contributed by atoms with Crippen molar-refractivity contribution < 1.29 is 23.5 Å². The summed E-state index contributed by atoms with van der Waals surface area (Å²) in [7, 11) is 1.32. The molecule has 210 valence electrons. The zero-order valence-corrected chi connectivity index (χ0v) is 23.9. The van der Waals surface area contributed by atoms with E-state index in [1.165, 1.54) is 7.11 Å². The van der Waals surface area contributed by atoms with Crippen LogP contribution in [0.2, 0.25) is 0 Å². The highest BCUT2D eigenvalue weighted by molar-refractivity contribution is 6.09. The van der Waals surface area contributed by atoms with Crippen molar-refractivity contribution in [1.82, 2.24) is 5.32 Å². The first-order chi connectivity index (χ1) is 19.7. The van der Waals surface area contributed by atoms with Crippen LogP contribution in [0.4, 0.5) is 4.79 Å². The van der Waals surface area contributed by atoms with Crippen molar-refractivity contribution in [2.75, 3.05) is 7.11 Å². The van der Waals surface area contributed by atoms with Crippen molar-refractivity contribution in [3.05, 3.63) is 96.6 Å². The summed E-state index contributed by atoms with van der Waals surface area (Å²) in [6.45, 7) is 5.34. The third-order valence-corrected chi connectivity index (χ3v) is 6.97. The first kappa shape index (κ1) is 28.0. The lowest BCUT2D eigenvalue weighted by Gasteiger charge is -2.22. The molecular weight excluding hydrogens is 514 g/mol. The fraction of sp³-hybridized carbons (Fsp3) is 0.257. The molecule has 1 amide bonds. The molecule has 0 aliphatic heterocycles. The Balaban J connectivity index is 1.32. The van der Waals surface area contributed by atoms with Gasteiger partial charge in [-0.15, -0.1) is 0 Å². The van der Waals surface area contributed by atoms with E-state index in [0.717, 1.165) is 56.2 Å². The lowest BCUT2D eigenvalue weighted by molar-refractivity contribution is -0.143. The Morgan fingerprint density at radius 3 is 2.29 bits per heavy atom. The second-order valence-electron chi connectivity index (χ2n) is 11.2. The van der Waals surface area contributed by atoms with Crippen LogP contribution < -0.4 is 5.32 Å². The molecule has 0 saturated carbocycles. The molecule has 5 aromatic rings. The number of carbonyl (C=O) groups excluding carboxylic acids is 2. The summed E-state index contributed by atoms with van der Waals surface area (Å²) in [5.74, 6) is -0.485. The SMILES string of the molecule is COC(=O)C(CCCc1cccc(-c2cccc(-c3cccc4c3oc3ccccc34)c2)c1)NC(=O)OC(C)(C)C. The van der Waals surface area contributed by atoms with E-state index in [0.29, 0.717) is 12.8 Å². The van der Waals surface area contributed by atoms with Gasteiger partial charge in [-0.05, 0) is 74.4 Å². The lowest BCUT2D eigenvalue weighted by atomic mass is 9.96. The molecule has 0 radical (unpaired) electrons.